The maximum atomic E-state index is 12.5. The highest BCUT2D eigenvalue weighted by molar-refractivity contribution is 9.10. The Hall–Kier alpha value is -0.350. The van der Waals surface area contributed by atoms with Crippen molar-refractivity contribution in [1.82, 2.24) is 5.32 Å². The molecule has 4 heteroatoms. The first-order valence-electron chi connectivity index (χ1n) is 7.10. The summed E-state index contributed by atoms with van der Waals surface area (Å²) in [5, 5.41) is 4.09. The number of nitrogens with one attached hydrogen (secondary N) is 1. The molecule has 0 bridgehead atoms. The lowest BCUT2D eigenvalue weighted by Crippen LogP contribution is -2.52. The molecule has 0 heterocycles. The number of benzene rings is 1. The van der Waals surface area contributed by atoms with Gasteiger partial charge in [0.25, 0.3) is 5.91 Å². The van der Waals surface area contributed by atoms with Crippen molar-refractivity contribution >= 4 is 37.8 Å². The molecule has 2 rings (SSSR count). The van der Waals surface area contributed by atoms with Gasteiger partial charge in [-0.05, 0) is 43.4 Å². The lowest BCUT2D eigenvalue weighted by molar-refractivity contribution is 0.0869. The van der Waals surface area contributed by atoms with Crippen LogP contribution in [0.1, 0.15) is 48.5 Å². The van der Waals surface area contributed by atoms with E-state index in [1.807, 2.05) is 25.1 Å². The first kappa shape index (κ1) is 16.0. The molecule has 0 radical (unpaired) electrons. The molecular weight excluding hydrogens is 382 g/mol. The molecule has 1 fully saturated rings. The maximum absolute atomic E-state index is 12.5. The summed E-state index contributed by atoms with van der Waals surface area (Å²) in [4.78, 5) is 12.5. The zero-order chi connectivity index (χ0) is 14.8. The summed E-state index contributed by atoms with van der Waals surface area (Å²) in [5.41, 5.74) is 1.77. The standard InChI is InChI=1S/C16H21Br2NO/c1-11-4-3-7-16(9-11,10-17)19-15(20)13-6-5-12(2)14(18)8-13/h5-6,8,11H,3-4,7,9-10H2,1-2H3,(H,19,20). The van der Waals surface area contributed by atoms with Crippen LogP contribution >= 0.6 is 31.9 Å². The summed E-state index contributed by atoms with van der Waals surface area (Å²) >= 11 is 7.09. The third kappa shape index (κ3) is 3.64. The van der Waals surface area contributed by atoms with Crippen LogP contribution < -0.4 is 5.32 Å². The molecule has 2 nitrogen and oxygen atoms in total. The highest BCUT2D eigenvalue weighted by Crippen LogP contribution is 2.34. The van der Waals surface area contributed by atoms with Gasteiger partial charge in [0.2, 0.25) is 0 Å². The quantitative estimate of drug-likeness (QED) is 0.720. The van der Waals surface area contributed by atoms with E-state index >= 15 is 0 Å². The predicted octanol–water partition coefficient (Wildman–Crippen LogP) is 4.83. The molecule has 0 aliphatic heterocycles. The minimum atomic E-state index is -0.0912. The van der Waals surface area contributed by atoms with Gasteiger partial charge in [-0.25, -0.2) is 0 Å². The molecule has 2 atom stereocenters. The van der Waals surface area contributed by atoms with Crippen molar-refractivity contribution in [3.63, 3.8) is 0 Å². The van der Waals surface area contributed by atoms with E-state index in [2.05, 4.69) is 44.1 Å². The molecule has 0 aromatic heterocycles. The molecule has 0 saturated heterocycles. The van der Waals surface area contributed by atoms with Crippen LogP contribution in [-0.2, 0) is 0 Å². The second kappa shape index (κ2) is 6.61. The monoisotopic (exact) mass is 401 g/mol. The van der Waals surface area contributed by atoms with Gasteiger partial charge in [-0.15, -0.1) is 0 Å². The largest absolute Gasteiger partial charge is 0.346 e. The predicted molar refractivity (Wildman–Crippen MR) is 90.5 cm³/mol. The van der Waals surface area contributed by atoms with Gasteiger partial charge in [-0.3, -0.25) is 4.79 Å². The van der Waals surface area contributed by atoms with Crippen molar-refractivity contribution < 1.29 is 4.79 Å². The molecule has 1 aromatic rings. The van der Waals surface area contributed by atoms with Gasteiger partial charge in [0.15, 0.2) is 0 Å². The highest BCUT2D eigenvalue weighted by atomic mass is 79.9. The Balaban J connectivity index is 2.14. The van der Waals surface area contributed by atoms with E-state index in [0.717, 1.165) is 33.8 Å². The average molecular weight is 403 g/mol. The Morgan fingerprint density at radius 3 is 2.85 bits per heavy atom. The Morgan fingerprint density at radius 1 is 1.50 bits per heavy atom. The zero-order valence-electron chi connectivity index (χ0n) is 12.0. The molecule has 1 saturated carbocycles. The molecule has 1 amide bonds. The van der Waals surface area contributed by atoms with Crippen LogP contribution in [-0.4, -0.2) is 16.8 Å². The fourth-order valence-electron chi connectivity index (χ4n) is 2.98. The summed E-state index contributed by atoms with van der Waals surface area (Å²) in [7, 11) is 0. The van der Waals surface area contributed by atoms with Crippen LogP contribution in [0.4, 0.5) is 0 Å². The fourth-order valence-corrected chi connectivity index (χ4v) is 4.00. The van der Waals surface area contributed by atoms with Gasteiger partial charge < -0.3 is 5.32 Å². The van der Waals surface area contributed by atoms with E-state index in [-0.39, 0.29) is 11.4 Å². The van der Waals surface area contributed by atoms with Crippen LogP contribution in [0.15, 0.2) is 22.7 Å². The lowest BCUT2D eigenvalue weighted by Gasteiger charge is -2.39. The van der Waals surface area contributed by atoms with Gasteiger partial charge in [0, 0.05) is 15.4 Å². The van der Waals surface area contributed by atoms with Gasteiger partial charge >= 0.3 is 0 Å². The van der Waals surface area contributed by atoms with Crippen molar-refractivity contribution in [2.45, 2.75) is 45.1 Å². The molecular formula is C16H21Br2NO. The molecule has 20 heavy (non-hydrogen) atoms. The molecule has 110 valence electrons. The van der Waals surface area contributed by atoms with Gasteiger partial charge in [0.1, 0.15) is 0 Å². The van der Waals surface area contributed by atoms with E-state index in [9.17, 15) is 4.79 Å². The summed E-state index contributed by atoms with van der Waals surface area (Å²) in [5.74, 6) is 0.700. The number of hydrogen-bond acceptors (Lipinski definition) is 1. The van der Waals surface area contributed by atoms with Gasteiger partial charge in [-0.2, -0.15) is 0 Å². The summed E-state index contributed by atoms with van der Waals surface area (Å²) in [6.45, 7) is 4.29. The summed E-state index contributed by atoms with van der Waals surface area (Å²) in [6, 6.07) is 5.77. The first-order valence-corrected chi connectivity index (χ1v) is 9.02. The number of amides is 1. The minimum absolute atomic E-state index is 0.0271. The Morgan fingerprint density at radius 2 is 2.25 bits per heavy atom. The van der Waals surface area contributed by atoms with Crippen LogP contribution in [0.3, 0.4) is 0 Å². The number of hydrogen-bond donors (Lipinski definition) is 1. The normalized spacial score (nSPS) is 26.3. The third-order valence-corrected chi connectivity index (χ3v) is 6.09. The number of rotatable bonds is 3. The molecule has 1 aliphatic carbocycles. The lowest BCUT2D eigenvalue weighted by atomic mass is 9.77. The van der Waals surface area contributed by atoms with Crippen molar-refractivity contribution in [2.75, 3.05) is 5.33 Å². The van der Waals surface area contributed by atoms with Crippen molar-refractivity contribution in [1.29, 1.82) is 0 Å². The van der Waals surface area contributed by atoms with E-state index in [0.29, 0.717) is 5.92 Å². The van der Waals surface area contributed by atoms with Crippen molar-refractivity contribution in [3.8, 4) is 0 Å². The van der Waals surface area contributed by atoms with Crippen LogP contribution in [0.2, 0.25) is 0 Å². The third-order valence-electron chi connectivity index (χ3n) is 4.16. The van der Waals surface area contributed by atoms with E-state index in [1.165, 1.54) is 12.8 Å². The Kier molecular flexibility index (Phi) is 5.30. The molecule has 1 N–H and O–H groups in total. The zero-order valence-corrected chi connectivity index (χ0v) is 15.2. The molecule has 1 aliphatic rings. The fraction of sp³-hybridized carbons (Fsp3) is 0.562. The topological polar surface area (TPSA) is 29.1 Å². The second-order valence-corrected chi connectivity index (χ2v) is 7.45. The van der Waals surface area contributed by atoms with E-state index < -0.39 is 0 Å². The van der Waals surface area contributed by atoms with Crippen LogP contribution in [0.5, 0.6) is 0 Å². The van der Waals surface area contributed by atoms with E-state index in [1.54, 1.807) is 0 Å². The number of carbonyl (C=O) groups excluding carboxylic acids is 1. The van der Waals surface area contributed by atoms with Gasteiger partial charge in [0.05, 0.1) is 5.54 Å². The van der Waals surface area contributed by atoms with Crippen LogP contribution in [0.25, 0.3) is 0 Å². The Bertz CT molecular complexity index is 503. The first-order chi connectivity index (χ1) is 9.46. The molecule has 2 unspecified atom stereocenters. The van der Waals surface area contributed by atoms with Crippen LogP contribution in [0, 0.1) is 12.8 Å². The smallest absolute Gasteiger partial charge is 0.251 e. The SMILES string of the molecule is Cc1ccc(C(=O)NC2(CBr)CCCC(C)C2)cc1Br. The number of halogens is 2. The number of aryl methyl sites for hydroxylation is 1. The number of alkyl halides is 1. The second-order valence-electron chi connectivity index (χ2n) is 6.03. The summed E-state index contributed by atoms with van der Waals surface area (Å²) < 4.78 is 0.982. The summed E-state index contributed by atoms with van der Waals surface area (Å²) in [6.07, 6.45) is 4.56. The molecule has 0 spiro atoms. The highest BCUT2D eigenvalue weighted by Gasteiger charge is 2.35. The number of carbonyl (C=O) groups is 1. The average Bonchev–Trinajstić information content (AvgIpc) is 2.41. The van der Waals surface area contributed by atoms with E-state index in [4.69, 9.17) is 0 Å². The van der Waals surface area contributed by atoms with Crippen molar-refractivity contribution in [3.05, 3.63) is 33.8 Å². The Labute approximate surface area is 138 Å². The maximum Gasteiger partial charge on any atom is 0.251 e. The van der Waals surface area contributed by atoms with Crippen molar-refractivity contribution in [2.24, 2.45) is 5.92 Å². The molecule has 1 aromatic carbocycles. The van der Waals surface area contributed by atoms with Gasteiger partial charge in [-0.1, -0.05) is 57.7 Å². The minimum Gasteiger partial charge on any atom is -0.346 e.